The summed E-state index contributed by atoms with van der Waals surface area (Å²) in [6.45, 7) is 8.79. The van der Waals surface area contributed by atoms with Gasteiger partial charge in [-0.05, 0) is 41.9 Å². The number of rotatable bonds is 4. The third kappa shape index (κ3) is 3.16. The molecule has 0 aromatic heterocycles. The van der Waals surface area contributed by atoms with E-state index < -0.39 is 0 Å². The molecule has 0 aliphatic carbocycles. The lowest BCUT2D eigenvalue weighted by atomic mass is 9.82. The lowest BCUT2D eigenvalue weighted by Crippen LogP contribution is -2.09. The molecule has 1 aromatic carbocycles. The Bertz CT molecular complexity index is 343. The number of phenolic OH excluding ortho intramolecular Hbond substituents is 2. The topological polar surface area (TPSA) is 40.5 Å². The van der Waals surface area contributed by atoms with Crippen LogP contribution in [0.4, 0.5) is 0 Å². The van der Waals surface area contributed by atoms with Gasteiger partial charge in [-0.3, -0.25) is 0 Å². The summed E-state index contributed by atoms with van der Waals surface area (Å²) in [5.41, 5.74) is 1.11. The van der Waals surface area contributed by atoms with E-state index in [9.17, 15) is 10.2 Å². The van der Waals surface area contributed by atoms with Crippen molar-refractivity contribution in [2.45, 2.75) is 40.0 Å². The summed E-state index contributed by atoms with van der Waals surface area (Å²) in [7, 11) is 0. The summed E-state index contributed by atoms with van der Waals surface area (Å²) in [4.78, 5) is 0. The second-order valence-corrected chi connectivity index (χ2v) is 5.23. The predicted molar refractivity (Wildman–Crippen MR) is 66.8 cm³/mol. The first-order chi connectivity index (χ1) is 7.41. The van der Waals surface area contributed by atoms with E-state index in [0.29, 0.717) is 17.8 Å². The zero-order chi connectivity index (χ0) is 12.3. The standard InChI is InChI=1S/C14H22O2/c1-9(2)7-12(10(3)4)11-5-6-13(15)14(16)8-11/h5-6,8-10,12,15-16H,7H2,1-4H3. The molecule has 2 heteroatoms. The highest BCUT2D eigenvalue weighted by Crippen LogP contribution is 2.35. The fourth-order valence-corrected chi connectivity index (χ4v) is 2.07. The van der Waals surface area contributed by atoms with Gasteiger partial charge in [0.15, 0.2) is 11.5 Å². The molecule has 1 aromatic rings. The average molecular weight is 222 g/mol. The van der Waals surface area contributed by atoms with Gasteiger partial charge in [-0.1, -0.05) is 33.8 Å². The van der Waals surface area contributed by atoms with Crippen LogP contribution in [0.25, 0.3) is 0 Å². The van der Waals surface area contributed by atoms with Crippen molar-refractivity contribution >= 4 is 0 Å². The van der Waals surface area contributed by atoms with Crippen LogP contribution in [0.15, 0.2) is 18.2 Å². The van der Waals surface area contributed by atoms with Gasteiger partial charge in [0, 0.05) is 0 Å². The third-order valence-corrected chi connectivity index (χ3v) is 2.96. The summed E-state index contributed by atoms with van der Waals surface area (Å²) in [6, 6.07) is 5.16. The van der Waals surface area contributed by atoms with Gasteiger partial charge in [0.1, 0.15) is 0 Å². The Morgan fingerprint density at radius 3 is 2.06 bits per heavy atom. The molecule has 0 spiro atoms. The van der Waals surface area contributed by atoms with Gasteiger partial charge in [-0.2, -0.15) is 0 Å². The van der Waals surface area contributed by atoms with Crippen LogP contribution in [0.3, 0.4) is 0 Å². The Morgan fingerprint density at radius 1 is 1.00 bits per heavy atom. The monoisotopic (exact) mass is 222 g/mol. The molecule has 0 bridgehead atoms. The van der Waals surface area contributed by atoms with Crippen molar-refractivity contribution in [3.05, 3.63) is 23.8 Å². The first-order valence-corrected chi connectivity index (χ1v) is 5.93. The largest absolute Gasteiger partial charge is 0.504 e. The number of aromatic hydroxyl groups is 2. The van der Waals surface area contributed by atoms with E-state index in [2.05, 4.69) is 27.7 Å². The lowest BCUT2D eigenvalue weighted by Gasteiger charge is -2.23. The van der Waals surface area contributed by atoms with E-state index in [4.69, 9.17) is 0 Å². The van der Waals surface area contributed by atoms with Crippen molar-refractivity contribution in [2.75, 3.05) is 0 Å². The van der Waals surface area contributed by atoms with Gasteiger partial charge in [0.2, 0.25) is 0 Å². The first kappa shape index (κ1) is 12.9. The van der Waals surface area contributed by atoms with Crippen molar-refractivity contribution in [2.24, 2.45) is 11.8 Å². The number of hydrogen-bond donors (Lipinski definition) is 2. The highest BCUT2D eigenvalue weighted by atomic mass is 16.3. The number of benzene rings is 1. The van der Waals surface area contributed by atoms with Crippen LogP contribution in [-0.2, 0) is 0 Å². The Hall–Kier alpha value is -1.18. The highest BCUT2D eigenvalue weighted by Gasteiger charge is 2.18. The minimum Gasteiger partial charge on any atom is -0.504 e. The van der Waals surface area contributed by atoms with Crippen molar-refractivity contribution in [1.29, 1.82) is 0 Å². The van der Waals surface area contributed by atoms with Crippen LogP contribution >= 0.6 is 0 Å². The molecule has 1 unspecified atom stereocenters. The minimum absolute atomic E-state index is 0.0214. The number of phenols is 2. The lowest BCUT2D eigenvalue weighted by molar-refractivity contribution is 0.391. The van der Waals surface area contributed by atoms with Crippen LogP contribution in [0, 0.1) is 11.8 Å². The summed E-state index contributed by atoms with van der Waals surface area (Å²) in [6.07, 6.45) is 1.10. The van der Waals surface area contributed by atoms with Crippen LogP contribution in [0.2, 0.25) is 0 Å². The molecular weight excluding hydrogens is 200 g/mol. The summed E-state index contributed by atoms with van der Waals surface area (Å²) in [5.74, 6) is 1.53. The molecule has 0 radical (unpaired) electrons. The third-order valence-electron chi connectivity index (χ3n) is 2.96. The van der Waals surface area contributed by atoms with Crippen molar-refractivity contribution < 1.29 is 10.2 Å². The zero-order valence-corrected chi connectivity index (χ0v) is 10.6. The van der Waals surface area contributed by atoms with Crippen molar-refractivity contribution in [3.8, 4) is 11.5 Å². The highest BCUT2D eigenvalue weighted by molar-refractivity contribution is 5.41. The molecular formula is C14H22O2. The molecule has 0 aliphatic heterocycles. The quantitative estimate of drug-likeness (QED) is 0.759. The van der Waals surface area contributed by atoms with Gasteiger partial charge >= 0.3 is 0 Å². The Balaban J connectivity index is 2.97. The smallest absolute Gasteiger partial charge is 0.157 e. The molecule has 1 atom stereocenters. The Morgan fingerprint density at radius 2 is 1.62 bits per heavy atom. The SMILES string of the molecule is CC(C)CC(c1ccc(O)c(O)c1)C(C)C. The molecule has 0 saturated heterocycles. The zero-order valence-electron chi connectivity index (χ0n) is 10.6. The maximum absolute atomic E-state index is 9.51. The van der Waals surface area contributed by atoms with Crippen LogP contribution < -0.4 is 0 Å². The van der Waals surface area contributed by atoms with Gasteiger partial charge < -0.3 is 10.2 Å². The Labute approximate surface area is 97.9 Å². The van der Waals surface area contributed by atoms with Crippen LogP contribution in [-0.4, -0.2) is 10.2 Å². The van der Waals surface area contributed by atoms with E-state index in [-0.39, 0.29) is 11.5 Å². The second-order valence-electron chi connectivity index (χ2n) is 5.23. The first-order valence-electron chi connectivity index (χ1n) is 5.93. The van der Waals surface area contributed by atoms with E-state index in [1.165, 1.54) is 0 Å². The molecule has 2 N–H and O–H groups in total. The fraction of sp³-hybridized carbons (Fsp3) is 0.571. The van der Waals surface area contributed by atoms with E-state index in [1.54, 1.807) is 12.1 Å². The summed E-state index contributed by atoms with van der Waals surface area (Å²) < 4.78 is 0. The summed E-state index contributed by atoms with van der Waals surface area (Å²) >= 11 is 0. The van der Waals surface area contributed by atoms with Gasteiger partial charge in [0.25, 0.3) is 0 Å². The molecule has 16 heavy (non-hydrogen) atoms. The maximum Gasteiger partial charge on any atom is 0.157 e. The number of hydrogen-bond acceptors (Lipinski definition) is 2. The Kier molecular flexibility index (Phi) is 4.22. The van der Waals surface area contributed by atoms with Crippen molar-refractivity contribution in [3.63, 3.8) is 0 Å². The molecule has 0 saturated carbocycles. The second kappa shape index (κ2) is 5.24. The summed E-state index contributed by atoms with van der Waals surface area (Å²) in [5, 5.41) is 18.8. The van der Waals surface area contributed by atoms with Gasteiger partial charge in [-0.25, -0.2) is 0 Å². The minimum atomic E-state index is -0.0456. The van der Waals surface area contributed by atoms with Crippen molar-refractivity contribution in [1.82, 2.24) is 0 Å². The molecule has 0 aliphatic rings. The fourth-order valence-electron chi connectivity index (χ4n) is 2.07. The van der Waals surface area contributed by atoms with Gasteiger partial charge in [0.05, 0.1) is 0 Å². The molecule has 0 amide bonds. The van der Waals surface area contributed by atoms with Crippen LogP contribution in [0.1, 0.15) is 45.6 Å². The maximum atomic E-state index is 9.51. The molecule has 1 rings (SSSR count). The normalized spacial score (nSPS) is 13.4. The predicted octanol–water partition coefficient (Wildman–Crippen LogP) is 3.88. The van der Waals surface area contributed by atoms with E-state index >= 15 is 0 Å². The average Bonchev–Trinajstić information content (AvgIpc) is 2.18. The molecule has 0 fully saturated rings. The van der Waals surface area contributed by atoms with Gasteiger partial charge in [-0.15, -0.1) is 0 Å². The molecule has 0 heterocycles. The van der Waals surface area contributed by atoms with E-state index in [1.807, 2.05) is 6.07 Å². The van der Waals surface area contributed by atoms with E-state index in [0.717, 1.165) is 12.0 Å². The molecule has 2 nitrogen and oxygen atoms in total. The molecule has 90 valence electrons. The van der Waals surface area contributed by atoms with Crippen LogP contribution in [0.5, 0.6) is 11.5 Å².